The van der Waals surface area contributed by atoms with Crippen LogP contribution in [0.1, 0.15) is 16.8 Å². The number of rotatable bonds is 6. The van der Waals surface area contributed by atoms with Crippen molar-refractivity contribution in [2.24, 2.45) is 0 Å². The SMILES string of the molecule is Nc1ncc(F)cc1-c1cc(Cc2ccc(COc3ccccc3)cc2)no1. The van der Waals surface area contributed by atoms with Crippen LogP contribution in [0, 0.1) is 5.82 Å². The third kappa shape index (κ3) is 4.17. The van der Waals surface area contributed by atoms with Crippen LogP contribution in [0.3, 0.4) is 0 Å². The van der Waals surface area contributed by atoms with Crippen molar-refractivity contribution >= 4 is 5.82 Å². The van der Waals surface area contributed by atoms with E-state index >= 15 is 0 Å². The molecule has 0 bridgehead atoms. The Morgan fingerprint density at radius 3 is 2.50 bits per heavy atom. The number of ether oxygens (including phenoxy) is 1. The van der Waals surface area contributed by atoms with Crippen LogP contribution in [0.25, 0.3) is 11.3 Å². The van der Waals surface area contributed by atoms with Gasteiger partial charge in [-0.05, 0) is 29.3 Å². The topological polar surface area (TPSA) is 74.2 Å². The molecule has 2 heterocycles. The van der Waals surface area contributed by atoms with Crippen LogP contribution in [0.4, 0.5) is 10.2 Å². The quantitative estimate of drug-likeness (QED) is 0.532. The Bertz CT molecular complexity index is 1060. The van der Waals surface area contributed by atoms with Crippen LogP contribution in [0.2, 0.25) is 0 Å². The van der Waals surface area contributed by atoms with E-state index in [0.29, 0.717) is 24.4 Å². The number of para-hydroxylation sites is 1. The van der Waals surface area contributed by atoms with Crippen molar-refractivity contribution in [3.63, 3.8) is 0 Å². The van der Waals surface area contributed by atoms with Crippen LogP contribution in [-0.4, -0.2) is 10.1 Å². The number of pyridine rings is 1. The van der Waals surface area contributed by atoms with Crippen molar-refractivity contribution in [3.8, 4) is 17.1 Å². The van der Waals surface area contributed by atoms with Gasteiger partial charge in [-0.2, -0.15) is 0 Å². The first-order valence-corrected chi connectivity index (χ1v) is 8.80. The smallest absolute Gasteiger partial charge is 0.170 e. The highest BCUT2D eigenvalue weighted by atomic mass is 19.1. The number of nitrogens with zero attached hydrogens (tertiary/aromatic N) is 2. The lowest BCUT2D eigenvalue weighted by atomic mass is 10.1. The second-order valence-electron chi connectivity index (χ2n) is 6.36. The molecule has 0 atom stereocenters. The molecule has 0 spiro atoms. The number of anilines is 1. The van der Waals surface area contributed by atoms with Gasteiger partial charge >= 0.3 is 0 Å². The number of benzene rings is 2. The highest BCUT2D eigenvalue weighted by molar-refractivity contribution is 5.69. The maximum absolute atomic E-state index is 13.4. The van der Waals surface area contributed by atoms with Gasteiger partial charge in [0.1, 0.15) is 24.0 Å². The lowest BCUT2D eigenvalue weighted by Crippen LogP contribution is -1.96. The average molecular weight is 375 g/mol. The van der Waals surface area contributed by atoms with Crippen molar-refractivity contribution in [1.82, 2.24) is 10.1 Å². The lowest BCUT2D eigenvalue weighted by Gasteiger charge is -2.06. The van der Waals surface area contributed by atoms with E-state index in [0.717, 1.165) is 28.8 Å². The zero-order chi connectivity index (χ0) is 19.3. The number of halogens is 1. The van der Waals surface area contributed by atoms with Gasteiger partial charge in [0.15, 0.2) is 5.76 Å². The summed E-state index contributed by atoms with van der Waals surface area (Å²) in [5.74, 6) is 0.961. The Labute approximate surface area is 161 Å². The summed E-state index contributed by atoms with van der Waals surface area (Å²) in [5, 5.41) is 4.05. The van der Waals surface area contributed by atoms with Gasteiger partial charge in [-0.25, -0.2) is 9.37 Å². The van der Waals surface area contributed by atoms with Crippen molar-refractivity contribution < 1.29 is 13.7 Å². The fourth-order valence-electron chi connectivity index (χ4n) is 2.82. The summed E-state index contributed by atoms with van der Waals surface area (Å²) in [6, 6.07) is 20.8. The van der Waals surface area contributed by atoms with E-state index in [1.807, 2.05) is 54.6 Å². The Hall–Kier alpha value is -3.67. The molecule has 2 N–H and O–H groups in total. The number of nitrogen functional groups attached to an aromatic ring is 1. The Morgan fingerprint density at radius 1 is 0.964 bits per heavy atom. The average Bonchev–Trinajstić information content (AvgIpc) is 3.18. The van der Waals surface area contributed by atoms with Crippen molar-refractivity contribution in [2.75, 3.05) is 5.73 Å². The van der Waals surface area contributed by atoms with E-state index < -0.39 is 5.82 Å². The van der Waals surface area contributed by atoms with Gasteiger partial charge in [0.25, 0.3) is 0 Å². The van der Waals surface area contributed by atoms with E-state index in [2.05, 4.69) is 10.1 Å². The first-order chi connectivity index (χ1) is 13.7. The number of hydrogen-bond acceptors (Lipinski definition) is 5. The fraction of sp³-hybridized carbons (Fsp3) is 0.0909. The second-order valence-corrected chi connectivity index (χ2v) is 6.36. The van der Waals surface area contributed by atoms with Crippen LogP contribution in [-0.2, 0) is 13.0 Å². The van der Waals surface area contributed by atoms with Gasteiger partial charge in [0, 0.05) is 12.5 Å². The zero-order valence-electron chi connectivity index (χ0n) is 15.0. The summed E-state index contributed by atoms with van der Waals surface area (Å²) >= 11 is 0. The van der Waals surface area contributed by atoms with E-state index in [1.165, 1.54) is 6.07 Å². The molecular weight excluding hydrogens is 357 g/mol. The Morgan fingerprint density at radius 2 is 1.71 bits per heavy atom. The minimum absolute atomic E-state index is 0.201. The first-order valence-electron chi connectivity index (χ1n) is 8.80. The van der Waals surface area contributed by atoms with E-state index in [1.54, 1.807) is 6.07 Å². The predicted molar refractivity (Wildman–Crippen MR) is 104 cm³/mol. The molecule has 0 saturated heterocycles. The number of aromatic nitrogens is 2. The molecule has 5 nitrogen and oxygen atoms in total. The van der Waals surface area contributed by atoms with Gasteiger partial charge in [0.05, 0.1) is 17.5 Å². The molecule has 4 rings (SSSR count). The minimum atomic E-state index is -0.476. The van der Waals surface area contributed by atoms with Gasteiger partial charge < -0.3 is 15.0 Å². The van der Waals surface area contributed by atoms with E-state index in [4.69, 9.17) is 15.0 Å². The zero-order valence-corrected chi connectivity index (χ0v) is 15.0. The maximum Gasteiger partial charge on any atom is 0.170 e. The highest BCUT2D eigenvalue weighted by Crippen LogP contribution is 2.26. The third-order valence-corrected chi connectivity index (χ3v) is 4.27. The Kier molecular flexibility index (Phi) is 5.01. The molecule has 140 valence electrons. The molecular formula is C22H18FN3O2. The standard InChI is InChI=1S/C22H18FN3O2/c23-17-11-20(22(24)25-13-17)21-12-18(26-28-21)10-15-6-8-16(9-7-15)14-27-19-4-2-1-3-5-19/h1-9,11-13H,10,14H2,(H2,24,25). The molecule has 0 aliphatic carbocycles. The summed E-state index contributed by atoms with van der Waals surface area (Å²) in [7, 11) is 0. The third-order valence-electron chi connectivity index (χ3n) is 4.27. The monoisotopic (exact) mass is 375 g/mol. The number of nitrogens with two attached hydrogens (primary N) is 1. The molecule has 0 aliphatic rings. The van der Waals surface area contributed by atoms with Crippen molar-refractivity contribution in [2.45, 2.75) is 13.0 Å². The number of hydrogen-bond donors (Lipinski definition) is 1. The normalized spacial score (nSPS) is 10.8. The fourth-order valence-corrected chi connectivity index (χ4v) is 2.82. The largest absolute Gasteiger partial charge is 0.489 e. The second kappa shape index (κ2) is 7.92. The summed E-state index contributed by atoms with van der Waals surface area (Å²) in [4.78, 5) is 3.80. The molecule has 2 aromatic carbocycles. The van der Waals surface area contributed by atoms with E-state index in [9.17, 15) is 4.39 Å². The van der Waals surface area contributed by atoms with Gasteiger partial charge in [0.2, 0.25) is 0 Å². The summed E-state index contributed by atoms with van der Waals surface area (Å²) < 4.78 is 24.5. The van der Waals surface area contributed by atoms with Gasteiger partial charge in [-0.3, -0.25) is 0 Å². The Balaban J connectivity index is 1.41. The molecule has 0 aliphatic heterocycles. The molecule has 0 saturated carbocycles. The van der Waals surface area contributed by atoms with Crippen LogP contribution >= 0.6 is 0 Å². The van der Waals surface area contributed by atoms with Crippen LogP contribution in [0.5, 0.6) is 5.75 Å². The van der Waals surface area contributed by atoms with Crippen LogP contribution in [0.15, 0.2) is 77.4 Å². The highest BCUT2D eigenvalue weighted by Gasteiger charge is 2.12. The van der Waals surface area contributed by atoms with Crippen LogP contribution < -0.4 is 10.5 Å². The van der Waals surface area contributed by atoms with E-state index in [-0.39, 0.29) is 5.82 Å². The predicted octanol–water partition coefficient (Wildman–Crippen LogP) is 4.63. The molecule has 2 aromatic heterocycles. The van der Waals surface area contributed by atoms with Crippen molar-refractivity contribution in [3.05, 3.63) is 95.6 Å². The molecule has 4 aromatic rings. The lowest BCUT2D eigenvalue weighted by molar-refractivity contribution is 0.306. The minimum Gasteiger partial charge on any atom is -0.489 e. The molecule has 6 heteroatoms. The summed E-state index contributed by atoms with van der Waals surface area (Å²) in [5.41, 5.74) is 9.07. The molecule has 0 amide bonds. The molecule has 0 fully saturated rings. The molecule has 0 unspecified atom stereocenters. The molecule has 28 heavy (non-hydrogen) atoms. The van der Waals surface area contributed by atoms with Gasteiger partial charge in [-0.15, -0.1) is 0 Å². The van der Waals surface area contributed by atoms with Gasteiger partial charge in [-0.1, -0.05) is 47.6 Å². The summed E-state index contributed by atoms with van der Waals surface area (Å²) in [6.07, 6.45) is 1.66. The van der Waals surface area contributed by atoms with Crippen molar-refractivity contribution in [1.29, 1.82) is 0 Å². The summed E-state index contributed by atoms with van der Waals surface area (Å²) in [6.45, 7) is 0.504. The first kappa shape index (κ1) is 17.7. The maximum atomic E-state index is 13.4. The molecule has 0 radical (unpaired) electrons.